The Labute approximate surface area is 135 Å². The molecule has 0 aliphatic carbocycles. The molecule has 1 aromatic heterocycles. The number of carbonyl (C=O) groups excluding carboxylic acids is 1. The van der Waals surface area contributed by atoms with Crippen LogP contribution in [-0.2, 0) is 17.5 Å². The number of aromatic nitrogens is 1. The normalized spacial score (nSPS) is 12.0. The van der Waals surface area contributed by atoms with Crippen LogP contribution < -0.4 is 15.6 Å². The summed E-state index contributed by atoms with van der Waals surface area (Å²) in [6, 6.07) is 8.47. The Morgan fingerprint density at radius 3 is 2.91 bits per heavy atom. The fourth-order valence-corrected chi connectivity index (χ4v) is 2.90. The summed E-state index contributed by atoms with van der Waals surface area (Å²) in [6.07, 6.45) is 0. The molecule has 1 aromatic carbocycles. The van der Waals surface area contributed by atoms with E-state index < -0.39 is 16.9 Å². The van der Waals surface area contributed by atoms with Crippen molar-refractivity contribution >= 4 is 34.2 Å². The van der Waals surface area contributed by atoms with E-state index in [4.69, 9.17) is 22.0 Å². The first-order valence-corrected chi connectivity index (χ1v) is 8.08. The first kappa shape index (κ1) is 16.5. The molecule has 7 nitrogen and oxygen atoms in total. The lowest BCUT2D eigenvalue weighted by Gasteiger charge is -2.21. The maximum Gasteiger partial charge on any atom is 0.303 e. The zero-order valence-corrected chi connectivity index (χ0v) is 13.4. The molecule has 0 radical (unpaired) electrons. The van der Waals surface area contributed by atoms with Crippen molar-refractivity contribution < 1.29 is 13.5 Å². The van der Waals surface area contributed by atoms with Gasteiger partial charge in [-0.15, -0.1) is 0 Å². The van der Waals surface area contributed by atoms with Crippen molar-refractivity contribution in [3.63, 3.8) is 0 Å². The van der Waals surface area contributed by atoms with Crippen LogP contribution in [0.1, 0.15) is 23.2 Å². The van der Waals surface area contributed by atoms with Gasteiger partial charge in [0.1, 0.15) is 16.7 Å². The zero-order chi connectivity index (χ0) is 16.1. The fraction of sp³-hybridized carbons (Fsp3) is 0.231. The molecular weight excluding hydrogens is 328 g/mol. The minimum atomic E-state index is -1.26. The van der Waals surface area contributed by atoms with Gasteiger partial charge >= 0.3 is 5.91 Å². The van der Waals surface area contributed by atoms with Crippen LogP contribution in [-0.4, -0.2) is 21.0 Å². The molecule has 22 heavy (non-hydrogen) atoms. The van der Waals surface area contributed by atoms with Crippen molar-refractivity contribution in [2.45, 2.75) is 13.5 Å². The second-order valence-electron chi connectivity index (χ2n) is 4.28. The molecule has 2 aromatic rings. The van der Waals surface area contributed by atoms with Crippen LogP contribution in [0.4, 0.5) is 5.69 Å². The minimum absolute atomic E-state index is 0.00850. The van der Waals surface area contributed by atoms with E-state index in [2.05, 4.69) is 5.16 Å². The van der Waals surface area contributed by atoms with Gasteiger partial charge in [-0.1, -0.05) is 29.7 Å². The Morgan fingerprint density at radius 1 is 1.50 bits per heavy atom. The quantitative estimate of drug-likeness (QED) is 0.472. The van der Waals surface area contributed by atoms with Crippen LogP contribution in [0.3, 0.4) is 0 Å². The maximum atomic E-state index is 12.3. The number of benzene rings is 1. The molecule has 1 atom stereocenters. The van der Waals surface area contributed by atoms with Gasteiger partial charge in [-0.2, -0.15) is 0 Å². The summed E-state index contributed by atoms with van der Waals surface area (Å²) in [7, 11) is -1.26. The third kappa shape index (κ3) is 3.85. The highest BCUT2D eigenvalue weighted by Crippen LogP contribution is 2.23. The summed E-state index contributed by atoms with van der Waals surface area (Å²) in [4.78, 5) is 11.4. The van der Waals surface area contributed by atoms with Crippen molar-refractivity contribution in [1.29, 1.82) is 0 Å². The molecule has 0 saturated heterocycles. The fourth-order valence-electron chi connectivity index (χ4n) is 1.78. The average Bonchev–Trinajstić information content (AvgIpc) is 2.99. The van der Waals surface area contributed by atoms with Gasteiger partial charge in [0.2, 0.25) is 5.76 Å². The van der Waals surface area contributed by atoms with Crippen LogP contribution in [0.2, 0.25) is 5.02 Å². The molecular formula is C13H15ClN4O3S. The van der Waals surface area contributed by atoms with Gasteiger partial charge in [-0.05, 0) is 18.2 Å². The largest absolute Gasteiger partial charge is 0.351 e. The number of nitrogens with two attached hydrogens (primary N) is 1. The predicted octanol–water partition coefficient (Wildman–Crippen LogP) is 1.62. The third-order valence-electron chi connectivity index (χ3n) is 2.81. The van der Waals surface area contributed by atoms with Crippen molar-refractivity contribution in [1.82, 2.24) is 10.6 Å². The molecule has 0 saturated carbocycles. The summed E-state index contributed by atoms with van der Waals surface area (Å²) in [6.45, 7) is 2.02. The van der Waals surface area contributed by atoms with Crippen LogP contribution in [0.15, 0.2) is 34.9 Å². The lowest BCUT2D eigenvalue weighted by Crippen LogP contribution is -2.29. The molecule has 0 bridgehead atoms. The second-order valence-corrected chi connectivity index (χ2v) is 6.38. The number of nitrogens with one attached hydrogen (secondary N) is 1. The van der Waals surface area contributed by atoms with E-state index in [9.17, 15) is 9.00 Å². The summed E-state index contributed by atoms with van der Waals surface area (Å²) in [5, 5.41) is 4.33. The Hall–Kier alpha value is -1.90. The van der Waals surface area contributed by atoms with Crippen LogP contribution in [0, 0.1) is 0 Å². The summed E-state index contributed by atoms with van der Waals surface area (Å²) >= 11 is 5.98. The first-order chi connectivity index (χ1) is 10.5. The second kappa shape index (κ2) is 7.39. The van der Waals surface area contributed by atoms with E-state index in [1.165, 1.54) is 6.07 Å². The minimum Gasteiger partial charge on any atom is -0.351 e. The summed E-state index contributed by atoms with van der Waals surface area (Å²) < 4.78 is 18.8. The average molecular weight is 343 g/mol. The van der Waals surface area contributed by atoms with Gasteiger partial charge in [0.15, 0.2) is 0 Å². The number of amides is 1. The van der Waals surface area contributed by atoms with Gasteiger partial charge in [0.05, 0.1) is 12.2 Å². The number of hydrazine groups is 1. The van der Waals surface area contributed by atoms with Crippen LogP contribution in [0.25, 0.3) is 0 Å². The Kier molecular flexibility index (Phi) is 5.53. The summed E-state index contributed by atoms with van der Waals surface area (Å²) in [5.41, 5.74) is 3.11. The van der Waals surface area contributed by atoms with Gasteiger partial charge in [0, 0.05) is 16.8 Å². The van der Waals surface area contributed by atoms with Gasteiger partial charge in [-0.3, -0.25) is 14.5 Å². The van der Waals surface area contributed by atoms with Gasteiger partial charge in [-0.25, -0.2) is 10.1 Å². The highest BCUT2D eigenvalue weighted by Gasteiger charge is 2.18. The number of halogens is 1. The van der Waals surface area contributed by atoms with Crippen molar-refractivity contribution in [3.05, 3.63) is 46.8 Å². The Morgan fingerprint density at radius 2 is 2.27 bits per heavy atom. The molecule has 2 rings (SSSR count). The van der Waals surface area contributed by atoms with E-state index in [-0.39, 0.29) is 12.3 Å². The predicted molar refractivity (Wildman–Crippen MR) is 84.5 cm³/mol. The molecule has 1 heterocycles. The monoisotopic (exact) mass is 342 g/mol. The lowest BCUT2D eigenvalue weighted by atomic mass is 10.3. The summed E-state index contributed by atoms with van der Waals surface area (Å²) in [5.74, 6) is 4.87. The molecule has 1 amide bonds. The van der Waals surface area contributed by atoms with Crippen molar-refractivity contribution in [2.24, 2.45) is 5.84 Å². The SMILES string of the molecule is CCS(=O)N(Cc1cc(C(=O)NN)on1)c1cccc(Cl)c1. The van der Waals surface area contributed by atoms with E-state index in [1.54, 1.807) is 28.6 Å². The zero-order valence-electron chi connectivity index (χ0n) is 11.8. The maximum absolute atomic E-state index is 12.3. The Bertz CT molecular complexity index is 691. The smallest absolute Gasteiger partial charge is 0.303 e. The first-order valence-electron chi connectivity index (χ1n) is 6.43. The lowest BCUT2D eigenvalue weighted by molar-refractivity contribution is 0.0916. The molecule has 9 heteroatoms. The number of hydrogen-bond donors (Lipinski definition) is 2. The number of anilines is 1. The molecule has 0 aliphatic rings. The standard InChI is InChI=1S/C13H15ClN4O3S/c1-2-22(20)18(11-5-3-4-9(14)6-11)8-10-7-12(21-17-10)13(19)16-15/h3-7H,2,8,15H2,1H3,(H,16,19). The van der Waals surface area contributed by atoms with Gasteiger partial charge < -0.3 is 4.52 Å². The number of nitrogens with zero attached hydrogens (tertiary/aromatic N) is 2. The molecule has 1 unspecified atom stereocenters. The highest BCUT2D eigenvalue weighted by molar-refractivity contribution is 7.86. The third-order valence-corrected chi connectivity index (χ3v) is 4.37. The topological polar surface area (TPSA) is 101 Å². The van der Waals surface area contributed by atoms with E-state index in [0.29, 0.717) is 22.2 Å². The van der Waals surface area contributed by atoms with Crippen molar-refractivity contribution in [3.8, 4) is 0 Å². The number of carbonyl (C=O) groups is 1. The van der Waals surface area contributed by atoms with E-state index in [0.717, 1.165) is 0 Å². The molecule has 0 aliphatic heterocycles. The molecule has 0 fully saturated rings. The molecule has 0 spiro atoms. The highest BCUT2D eigenvalue weighted by atomic mass is 35.5. The van der Waals surface area contributed by atoms with Gasteiger partial charge in [0.25, 0.3) is 0 Å². The molecule has 3 N–H and O–H groups in total. The Balaban J connectivity index is 2.26. The molecule has 118 valence electrons. The number of rotatable bonds is 6. The number of nitrogen functional groups attached to an aromatic ring is 1. The number of hydrogen-bond acceptors (Lipinski definition) is 5. The van der Waals surface area contributed by atoms with Crippen molar-refractivity contribution in [2.75, 3.05) is 10.1 Å². The van der Waals surface area contributed by atoms with Crippen LogP contribution in [0.5, 0.6) is 0 Å². The van der Waals surface area contributed by atoms with E-state index >= 15 is 0 Å². The van der Waals surface area contributed by atoms with Crippen LogP contribution >= 0.6 is 11.6 Å². The van der Waals surface area contributed by atoms with E-state index in [1.807, 2.05) is 12.3 Å².